The fraction of sp³-hybridized carbons (Fsp3) is 0.478. The van der Waals surface area contributed by atoms with Crippen LogP contribution in [0.15, 0.2) is 35.4 Å². The number of pyridine rings is 1. The molecule has 162 valence electrons. The number of ether oxygens (including phenoxy) is 1. The number of aromatic nitrogens is 1. The number of carbonyl (C=O) groups is 1. The quantitative estimate of drug-likeness (QED) is 0.627. The minimum Gasteiger partial charge on any atom is -0.381 e. The van der Waals surface area contributed by atoms with Gasteiger partial charge in [0.2, 0.25) is 0 Å². The summed E-state index contributed by atoms with van der Waals surface area (Å²) in [6.07, 6.45) is 2.27. The third kappa shape index (κ3) is 5.95. The SMILES string of the molecule is CCSc1nc(N(C)CC2CCCOC2)cc(C)c1C(=O)NCc1cccc(F)c1. The molecule has 1 aromatic heterocycles. The molecule has 0 aliphatic carbocycles. The number of aryl methyl sites for hydroxylation is 1. The van der Waals surface area contributed by atoms with Gasteiger partial charge in [-0.1, -0.05) is 19.1 Å². The Morgan fingerprint density at radius 2 is 2.23 bits per heavy atom. The molecule has 2 heterocycles. The Hall–Kier alpha value is -2.12. The van der Waals surface area contributed by atoms with Crippen LogP contribution < -0.4 is 10.2 Å². The van der Waals surface area contributed by atoms with Crippen LogP contribution in [0.25, 0.3) is 0 Å². The number of nitrogens with zero attached hydrogens (tertiary/aromatic N) is 2. The molecule has 1 fully saturated rings. The molecular formula is C23H30FN3O2S. The summed E-state index contributed by atoms with van der Waals surface area (Å²) in [5, 5.41) is 3.64. The monoisotopic (exact) mass is 431 g/mol. The molecule has 1 unspecified atom stereocenters. The van der Waals surface area contributed by atoms with Crippen LogP contribution >= 0.6 is 11.8 Å². The second-order valence-corrected chi connectivity index (χ2v) is 8.94. The molecule has 30 heavy (non-hydrogen) atoms. The fourth-order valence-corrected chi connectivity index (χ4v) is 4.52. The van der Waals surface area contributed by atoms with Crippen molar-refractivity contribution in [2.24, 2.45) is 5.92 Å². The first-order valence-electron chi connectivity index (χ1n) is 10.4. The zero-order chi connectivity index (χ0) is 21.5. The standard InChI is InChI=1S/C23H30FN3O2S/c1-4-30-23-21(22(28)25-13-17-7-5-9-19(24)12-17)16(2)11-20(26-23)27(3)14-18-8-6-10-29-15-18/h5,7,9,11-12,18H,4,6,8,10,13-15H2,1-3H3,(H,25,28). The summed E-state index contributed by atoms with van der Waals surface area (Å²) in [5.41, 5.74) is 2.21. The highest BCUT2D eigenvalue weighted by Crippen LogP contribution is 2.28. The minimum absolute atomic E-state index is 0.185. The van der Waals surface area contributed by atoms with Crippen LogP contribution in [0.1, 0.15) is 41.3 Å². The molecule has 2 aromatic rings. The van der Waals surface area contributed by atoms with E-state index >= 15 is 0 Å². The second-order valence-electron chi connectivity index (χ2n) is 7.69. The number of halogens is 1. The van der Waals surface area contributed by atoms with Crippen molar-refractivity contribution in [2.45, 2.75) is 38.3 Å². The fourth-order valence-electron chi connectivity index (χ4n) is 3.69. The molecule has 1 atom stereocenters. The van der Waals surface area contributed by atoms with Gasteiger partial charge in [0.05, 0.1) is 12.2 Å². The summed E-state index contributed by atoms with van der Waals surface area (Å²) < 4.78 is 19.0. The normalized spacial score (nSPS) is 16.3. The minimum atomic E-state index is -0.308. The summed E-state index contributed by atoms with van der Waals surface area (Å²) in [6, 6.07) is 8.23. The average molecular weight is 432 g/mol. The number of hydrogen-bond donors (Lipinski definition) is 1. The lowest BCUT2D eigenvalue weighted by Gasteiger charge is -2.28. The zero-order valence-corrected chi connectivity index (χ0v) is 18.7. The topological polar surface area (TPSA) is 54.5 Å². The summed E-state index contributed by atoms with van der Waals surface area (Å²) in [6.45, 7) is 6.80. The van der Waals surface area contributed by atoms with Gasteiger partial charge in [-0.2, -0.15) is 0 Å². The number of carbonyl (C=O) groups excluding carboxylic acids is 1. The predicted molar refractivity (Wildman–Crippen MR) is 120 cm³/mol. The van der Waals surface area contributed by atoms with Gasteiger partial charge >= 0.3 is 0 Å². The molecule has 0 saturated carbocycles. The number of hydrogen-bond acceptors (Lipinski definition) is 5. The van der Waals surface area contributed by atoms with Crippen molar-refractivity contribution in [3.63, 3.8) is 0 Å². The highest BCUT2D eigenvalue weighted by Gasteiger charge is 2.21. The summed E-state index contributed by atoms with van der Waals surface area (Å²) in [5.74, 6) is 1.70. The molecule has 7 heteroatoms. The van der Waals surface area contributed by atoms with Gasteiger partial charge in [-0.25, -0.2) is 9.37 Å². The van der Waals surface area contributed by atoms with Crippen LogP contribution in [0, 0.1) is 18.7 Å². The second kappa shape index (κ2) is 10.8. The molecule has 1 aromatic carbocycles. The molecule has 1 saturated heterocycles. The van der Waals surface area contributed by atoms with Gasteiger partial charge in [-0.15, -0.1) is 11.8 Å². The Labute approximate surface area is 182 Å². The molecule has 0 spiro atoms. The zero-order valence-electron chi connectivity index (χ0n) is 17.9. The highest BCUT2D eigenvalue weighted by atomic mass is 32.2. The van der Waals surface area contributed by atoms with Gasteiger partial charge in [0.15, 0.2) is 0 Å². The molecule has 1 amide bonds. The average Bonchev–Trinajstić information content (AvgIpc) is 2.73. The van der Waals surface area contributed by atoms with Crippen LogP contribution in [-0.2, 0) is 11.3 Å². The molecule has 0 radical (unpaired) electrons. The highest BCUT2D eigenvalue weighted by molar-refractivity contribution is 7.99. The van der Waals surface area contributed by atoms with Gasteiger partial charge in [-0.3, -0.25) is 4.79 Å². The van der Waals surface area contributed by atoms with Gasteiger partial charge in [0, 0.05) is 26.7 Å². The molecular weight excluding hydrogens is 401 g/mol. The Bertz CT molecular complexity index is 872. The van der Waals surface area contributed by atoms with Crippen molar-refractivity contribution in [3.8, 4) is 0 Å². The van der Waals surface area contributed by atoms with Crippen molar-refractivity contribution in [1.29, 1.82) is 0 Å². The maximum atomic E-state index is 13.4. The van der Waals surface area contributed by atoms with Crippen LogP contribution in [0.5, 0.6) is 0 Å². The molecule has 1 N–H and O–H groups in total. The third-order valence-corrected chi connectivity index (χ3v) is 6.06. The number of nitrogens with one attached hydrogen (secondary N) is 1. The van der Waals surface area contributed by atoms with E-state index in [9.17, 15) is 9.18 Å². The smallest absolute Gasteiger partial charge is 0.254 e. The van der Waals surface area contributed by atoms with Gasteiger partial charge in [0.25, 0.3) is 5.91 Å². The van der Waals surface area contributed by atoms with E-state index in [4.69, 9.17) is 9.72 Å². The molecule has 5 nitrogen and oxygen atoms in total. The number of thioether (sulfide) groups is 1. The van der Waals surface area contributed by atoms with E-state index in [1.54, 1.807) is 23.9 Å². The molecule has 1 aliphatic rings. The number of amides is 1. The van der Waals surface area contributed by atoms with E-state index in [1.807, 2.05) is 27.0 Å². The lowest BCUT2D eigenvalue weighted by molar-refractivity contribution is 0.0576. The van der Waals surface area contributed by atoms with Crippen LogP contribution in [-0.4, -0.2) is 43.5 Å². The Morgan fingerprint density at radius 1 is 1.40 bits per heavy atom. The lowest BCUT2D eigenvalue weighted by Crippen LogP contribution is -2.32. The van der Waals surface area contributed by atoms with Crippen molar-refractivity contribution in [2.75, 3.05) is 37.5 Å². The van der Waals surface area contributed by atoms with E-state index in [0.717, 1.165) is 53.9 Å². The maximum Gasteiger partial charge on any atom is 0.254 e. The third-order valence-electron chi connectivity index (χ3n) is 5.20. The summed E-state index contributed by atoms with van der Waals surface area (Å²) >= 11 is 1.56. The van der Waals surface area contributed by atoms with Crippen molar-refractivity contribution >= 4 is 23.5 Å². The predicted octanol–water partition coefficient (Wildman–Crippen LogP) is 4.43. The molecule has 1 aliphatic heterocycles. The van der Waals surface area contributed by atoms with E-state index in [1.165, 1.54) is 18.6 Å². The number of anilines is 1. The maximum absolute atomic E-state index is 13.4. The van der Waals surface area contributed by atoms with Crippen molar-refractivity contribution in [1.82, 2.24) is 10.3 Å². The summed E-state index contributed by atoms with van der Waals surface area (Å²) in [4.78, 5) is 19.9. The Balaban J connectivity index is 1.75. The number of rotatable bonds is 8. The Kier molecular flexibility index (Phi) is 8.10. The Morgan fingerprint density at radius 3 is 2.93 bits per heavy atom. The first kappa shape index (κ1) is 22.6. The van der Waals surface area contributed by atoms with Crippen molar-refractivity contribution < 1.29 is 13.9 Å². The lowest BCUT2D eigenvalue weighted by atomic mass is 10.0. The molecule has 0 bridgehead atoms. The van der Waals surface area contributed by atoms with Crippen LogP contribution in [0.3, 0.4) is 0 Å². The van der Waals surface area contributed by atoms with E-state index in [-0.39, 0.29) is 18.3 Å². The van der Waals surface area contributed by atoms with Gasteiger partial charge < -0.3 is 15.0 Å². The van der Waals surface area contributed by atoms with Gasteiger partial charge in [-0.05, 0) is 60.8 Å². The van der Waals surface area contributed by atoms with E-state index in [0.29, 0.717) is 11.5 Å². The van der Waals surface area contributed by atoms with E-state index < -0.39 is 0 Å². The molecule has 3 rings (SSSR count). The number of benzene rings is 1. The first-order chi connectivity index (χ1) is 14.5. The summed E-state index contributed by atoms with van der Waals surface area (Å²) in [7, 11) is 2.04. The van der Waals surface area contributed by atoms with Crippen LogP contribution in [0.4, 0.5) is 10.2 Å². The largest absolute Gasteiger partial charge is 0.381 e. The van der Waals surface area contributed by atoms with E-state index in [2.05, 4.69) is 10.2 Å². The van der Waals surface area contributed by atoms with Crippen LogP contribution in [0.2, 0.25) is 0 Å². The van der Waals surface area contributed by atoms with Gasteiger partial charge in [0.1, 0.15) is 16.7 Å². The first-order valence-corrected chi connectivity index (χ1v) is 11.4. The van der Waals surface area contributed by atoms with Crippen molar-refractivity contribution in [3.05, 3.63) is 52.8 Å².